The van der Waals surface area contributed by atoms with Crippen LogP contribution in [0.25, 0.3) is 0 Å². The van der Waals surface area contributed by atoms with Crippen molar-refractivity contribution >= 4 is 48.9 Å². The molecule has 0 radical (unpaired) electrons. The van der Waals surface area contributed by atoms with E-state index in [2.05, 4.69) is 36.3 Å². The highest BCUT2D eigenvalue weighted by atomic mass is 79.9. The van der Waals surface area contributed by atoms with Crippen molar-refractivity contribution in [3.8, 4) is 0 Å². The van der Waals surface area contributed by atoms with Crippen LogP contribution in [0.2, 0.25) is 0 Å². The molecule has 2 rings (SSSR count). The van der Waals surface area contributed by atoms with Crippen molar-refractivity contribution in [2.24, 2.45) is 0 Å². The zero-order valence-electron chi connectivity index (χ0n) is 6.22. The first kappa shape index (κ1) is 10.3. The molecule has 2 aromatic rings. The fraction of sp³-hybridized carbons (Fsp3) is 0. The van der Waals surface area contributed by atoms with Crippen LogP contribution in [-0.2, 0) is 0 Å². The summed E-state index contributed by atoms with van der Waals surface area (Å²) in [4.78, 5) is 0. The molecule has 0 aliphatic rings. The predicted octanol–water partition coefficient (Wildman–Crippen LogP) is 1.00. The molecule has 0 bridgehead atoms. The van der Waals surface area contributed by atoms with Gasteiger partial charge in [0.05, 0.1) is 0 Å². The van der Waals surface area contributed by atoms with Gasteiger partial charge in [-0.05, 0) is 15.9 Å². The summed E-state index contributed by atoms with van der Waals surface area (Å²) in [7, 11) is 0. The number of hydrogen-bond acceptors (Lipinski definition) is 8. The Labute approximate surface area is 90.1 Å². The third-order valence-corrected chi connectivity index (χ3v) is 2.50. The van der Waals surface area contributed by atoms with E-state index < -0.39 is 0 Å². The first-order chi connectivity index (χ1) is 6.18. The van der Waals surface area contributed by atoms with Gasteiger partial charge in [0.15, 0.2) is 3.92 Å². The number of nitrogen functional groups attached to an aromatic ring is 2. The zero-order chi connectivity index (χ0) is 9.68. The van der Waals surface area contributed by atoms with E-state index in [9.17, 15) is 0 Å². The fourth-order valence-electron chi connectivity index (χ4n) is 0.397. The second-order valence-corrected chi connectivity index (χ2v) is 4.82. The highest BCUT2D eigenvalue weighted by Crippen LogP contribution is 2.16. The number of anilines is 2. The van der Waals surface area contributed by atoms with Crippen LogP contribution >= 0.6 is 38.6 Å². The van der Waals surface area contributed by atoms with E-state index in [4.69, 9.17) is 11.5 Å². The third-order valence-electron chi connectivity index (χ3n) is 0.793. The summed E-state index contributed by atoms with van der Waals surface area (Å²) in [6.45, 7) is 0. The van der Waals surface area contributed by atoms with Crippen LogP contribution in [0.1, 0.15) is 0 Å². The van der Waals surface area contributed by atoms with Gasteiger partial charge in [0.2, 0.25) is 10.3 Å². The van der Waals surface area contributed by atoms with Crippen molar-refractivity contribution < 1.29 is 0 Å². The van der Waals surface area contributed by atoms with Gasteiger partial charge in [0, 0.05) is 0 Å². The minimum absolute atomic E-state index is 0.492. The quantitative estimate of drug-likeness (QED) is 0.746. The molecule has 6 nitrogen and oxygen atoms in total. The molecular formula is C4H5BrN6S2. The minimum Gasteiger partial charge on any atom is -0.374 e. The van der Waals surface area contributed by atoms with Gasteiger partial charge in [-0.25, -0.2) is 0 Å². The average Bonchev–Trinajstić information content (AvgIpc) is 2.64. The Hall–Kier alpha value is -0.800. The Morgan fingerprint density at radius 3 is 2.08 bits per heavy atom. The first-order valence-electron chi connectivity index (χ1n) is 2.94. The summed E-state index contributed by atoms with van der Waals surface area (Å²) in [6, 6.07) is 0. The van der Waals surface area contributed by atoms with E-state index in [1.54, 1.807) is 5.51 Å². The molecule has 0 unspecified atom stereocenters. The maximum absolute atomic E-state index is 5.19. The molecule has 0 aromatic carbocycles. The number of hydrogen-bond donors (Lipinski definition) is 2. The molecule has 2 aromatic heterocycles. The van der Waals surface area contributed by atoms with Crippen LogP contribution in [0.15, 0.2) is 9.43 Å². The summed E-state index contributed by atoms with van der Waals surface area (Å²) in [5.41, 5.74) is 11.9. The molecule has 0 atom stereocenters. The van der Waals surface area contributed by atoms with Crippen molar-refractivity contribution in [2.75, 3.05) is 11.5 Å². The molecule has 0 fully saturated rings. The van der Waals surface area contributed by atoms with Gasteiger partial charge >= 0.3 is 0 Å². The number of aromatic nitrogens is 4. The van der Waals surface area contributed by atoms with Crippen molar-refractivity contribution in [3.05, 3.63) is 9.43 Å². The van der Waals surface area contributed by atoms with Crippen LogP contribution in [0.3, 0.4) is 0 Å². The van der Waals surface area contributed by atoms with Crippen LogP contribution in [0.4, 0.5) is 10.3 Å². The molecule has 4 N–H and O–H groups in total. The maximum Gasteiger partial charge on any atom is 0.203 e. The maximum atomic E-state index is 5.19. The van der Waals surface area contributed by atoms with Gasteiger partial charge in [-0.1, -0.05) is 22.7 Å². The van der Waals surface area contributed by atoms with Gasteiger partial charge in [0.25, 0.3) is 0 Å². The summed E-state index contributed by atoms with van der Waals surface area (Å²) in [5, 5.41) is 15.0. The van der Waals surface area contributed by atoms with Gasteiger partial charge in [0.1, 0.15) is 5.51 Å². The third kappa shape index (κ3) is 4.10. The SMILES string of the molecule is Nc1nnc(Br)s1.Nc1nncs1. The molecule has 0 saturated heterocycles. The Morgan fingerprint density at radius 2 is 1.92 bits per heavy atom. The second kappa shape index (κ2) is 5.04. The lowest BCUT2D eigenvalue weighted by molar-refractivity contribution is 1.08. The largest absolute Gasteiger partial charge is 0.374 e. The highest BCUT2D eigenvalue weighted by molar-refractivity contribution is 9.11. The highest BCUT2D eigenvalue weighted by Gasteiger charge is 1.91. The van der Waals surface area contributed by atoms with Gasteiger partial charge < -0.3 is 11.5 Å². The summed E-state index contributed by atoms with van der Waals surface area (Å²) < 4.78 is 0.727. The molecule has 0 amide bonds. The van der Waals surface area contributed by atoms with Crippen molar-refractivity contribution in [2.45, 2.75) is 0 Å². The molecule has 0 aliphatic carbocycles. The summed E-state index contributed by atoms with van der Waals surface area (Å²) >= 11 is 5.75. The van der Waals surface area contributed by atoms with E-state index in [1.807, 2.05) is 0 Å². The number of halogens is 1. The fourth-order valence-corrected chi connectivity index (χ4v) is 1.61. The summed E-state index contributed by atoms with van der Waals surface area (Å²) in [6.07, 6.45) is 0. The van der Waals surface area contributed by atoms with Gasteiger partial charge in [-0.15, -0.1) is 20.4 Å². The smallest absolute Gasteiger partial charge is 0.203 e. The van der Waals surface area contributed by atoms with Crippen LogP contribution in [-0.4, -0.2) is 20.4 Å². The van der Waals surface area contributed by atoms with E-state index in [1.165, 1.54) is 22.7 Å². The average molecular weight is 281 g/mol. The molecule has 13 heavy (non-hydrogen) atoms. The first-order valence-corrected chi connectivity index (χ1v) is 5.43. The Bertz CT molecular complexity index is 329. The molecule has 70 valence electrons. The van der Waals surface area contributed by atoms with Crippen molar-refractivity contribution in [1.29, 1.82) is 0 Å². The number of rotatable bonds is 0. The molecule has 0 spiro atoms. The standard InChI is InChI=1S/C2H2BrN3S.C2H3N3S/c3-1-5-6-2(4)7-1;3-2-5-4-1-6-2/h(H2,4,6);1H,(H2,3,5). The Kier molecular flexibility index (Phi) is 3.99. The topological polar surface area (TPSA) is 104 Å². The lowest BCUT2D eigenvalue weighted by Gasteiger charge is -1.65. The van der Waals surface area contributed by atoms with E-state index in [0.717, 1.165) is 3.92 Å². The minimum atomic E-state index is 0.492. The number of nitrogens with two attached hydrogens (primary N) is 2. The van der Waals surface area contributed by atoms with E-state index >= 15 is 0 Å². The van der Waals surface area contributed by atoms with Crippen molar-refractivity contribution in [3.63, 3.8) is 0 Å². The molecule has 9 heteroatoms. The molecule has 0 aliphatic heterocycles. The summed E-state index contributed by atoms with van der Waals surface area (Å²) in [5.74, 6) is 0. The van der Waals surface area contributed by atoms with Crippen LogP contribution in [0.5, 0.6) is 0 Å². The number of nitrogens with zero attached hydrogens (tertiary/aromatic N) is 4. The van der Waals surface area contributed by atoms with E-state index in [-0.39, 0.29) is 0 Å². The molecular weight excluding hydrogens is 276 g/mol. The second-order valence-electron chi connectivity index (χ2n) is 1.67. The van der Waals surface area contributed by atoms with Gasteiger partial charge in [-0.2, -0.15) is 0 Å². The lowest BCUT2D eigenvalue weighted by atomic mass is 11.3. The van der Waals surface area contributed by atoms with Crippen LogP contribution in [0, 0.1) is 0 Å². The van der Waals surface area contributed by atoms with Gasteiger partial charge in [-0.3, -0.25) is 0 Å². The Balaban J connectivity index is 0.000000132. The normalized spacial score (nSPS) is 9.00. The molecule has 2 heterocycles. The monoisotopic (exact) mass is 280 g/mol. The van der Waals surface area contributed by atoms with Crippen LogP contribution < -0.4 is 11.5 Å². The zero-order valence-corrected chi connectivity index (χ0v) is 9.43. The molecule has 0 saturated carbocycles. The van der Waals surface area contributed by atoms with Crippen molar-refractivity contribution in [1.82, 2.24) is 20.4 Å². The lowest BCUT2D eigenvalue weighted by Crippen LogP contribution is -1.79. The Morgan fingerprint density at radius 1 is 1.15 bits per heavy atom. The predicted molar refractivity (Wildman–Crippen MR) is 56.3 cm³/mol. The van der Waals surface area contributed by atoms with E-state index in [0.29, 0.717) is 10.3 Å².